The maximum atomic E-state index is 10.9. The first-order chi connectivity index (χ1) is 7.51. The van der Waals surface area contributed by atoms with Crippen molar-refractivity contribution in [3.63, 3.8) is 0 Å². The summed E-state index contributed by atoms with van der Waals surface area (Å²) in [5.74, 6) is -0.489. The molecule has 1 saturated heterocycles. The Morgan fingerprint density at radius 2 is 2.06 bits per heavy atom. The van der Waals surface area contributed by atoms with Crippen molar-refractivity contribution in [2.75, 3.05) is 13.7 Å². The molecule has 94 valence electrons. The maximum Gasteiger partial charge on any atom is 0.303 e. The smallest absolute Gasteiger partial charge is 0.303 e. The van der Waals surface area contributed by atoms with Gasteiger partial charge in [0.1, 0.15) is 18.3 Å². The van der Waals surface area contributed by atoms with Crippen LogP contribution >= 0.6 is 0 Å². The Labute approximate surface area is 94.1 Å². The minimum Gasteiger partial charge on any atom is -0.457 e. The van der Waals surface area contributed by atoms with E-state index in [1.54, 1.807) is 6.92 Å². The molecule has 16 heavy (non-hydrogen) atoms. The van der Waals surface area contributed by atoms with Crippen LogP contribution in [0.5, 0.6) is 0 Å². The lowest BCUT2D eigenvalue weighted by Crippen LogP contribution is -2.59. The number of hydrogen-bond acceptors (Lipinski definition) is 6. The van der Waals surface area contributed by atoms with E-state index >= 15 is 0 Å². The third-order valence-electron chi connectivity index (χ3n) is 2.65. The third-order valence-corrected chi connectivity index (χ3v) is 2.65. The molecule has 1 heterocycles. The van der Waals surface area contributed by atoms with Crippen LogP contribution in [0.1, 0.15) is 13.8 Å². The minimum atomic E-state index is -1.00. The third kappa shape index (κ3) is 2.70. The fraction of sp³-hybridized carbons (Fsp3) is 0.900. The van der Waals surface area contributed by atoms with Gasteiger partial charge >= 0.3 is 5.97 Å². The van der Waals surface area contributed by atoms with E-state index in [2.05, 4.69) is 0 Å². The van der Waals surface area contributed by atoms with Gasteiger partial charge in [-0.15, -0.1) is 0 Å². The molecule has 5 atom stereocenters. The molecule has 0 aromatic heterocycles. The second-order valence-electron chi connectivity index (χ2n) is 3.83. The molecule has 2 N–H and O–H groups in total. The lowest BCUT2D eigenvalue weighted by atomic mass is 9.95. The van der Waals surface area contributed by atoms with Crippen molar-refractivity contribution >= 4 is 5.97 Å². The van der Waals surface area contributed by atoms with Crippen molar-refractivity contribution in [2.45, 2.75) is 44.4 Å². The van der Waals surface area contributed by atoms with Crippen molar-refractivity contribution < 1.29 is 29.2 Å². The predicted molar refractivity (Wildman–Crippen MR) is 53.8 cm³/mol. The maximum absolute atomic E-state index is 10.9. The second-order valence-corrected chi connectivity index (χ2v) is 3.83. The highest BCUT2D eigenvalue weighted by Crippen LogP contribution is 2.25. The molecule has 0 saturated carbocycles. The predicted octanol–water partition coefficient (Wildman–Crippen LogP) is -0.926. The highest BCUT2D eigenvalue weighted by molar-refractivity contribution is 5.66. The zero-order chi connectivity index (χ0) is 12.3. The van der Waals surface area contributed by atoms with Gasteiger partial charge in [0, 0.05) is 14.0 Å². The molecule has 0 amide bonds. The molecule has 0 aromatic rings. The van der Waals surface area contributed by atoms with Crippen molar-refractivity contribution in [1.82, 2.24) is 0 Å². The Kier molecular flexibility index (Phi) is 4.67. The Hall–Kier alpha value is -0.690. The van der Waals surface area contributed by atoms with Crippen LogP contribution in [0.15, 0.2) is 0 Å². The van der Waals surface area contributed by atoms with Gasteiger partial charge < -0.3 is 24.4 Å². The van der Waals surface area contributed by atoms with Crippen LogP contribution in [0, 0.1) is 0 Å². The quantitative estimate of drug-likeness (QED) is 0.614. The zero-order valence-corrected chi connectivity index (χ0v) is 9.62. The van der Waals surface area contributed by atoms with Crippen LogP contribution in [-0.4, -0.2) is 60.4 Å². The van der Waals surface area contributed by atoms with Gasteiger partial charge in [-0.1, -0.05) is 0 Å². The molecule has 1 fully saturated rings. The molecule has 0 aliphatic carbocycles. The fourth-order valence-corrected chi connectivity index (χ4v) is 1.91. The SMILES string of the molecule is CO[C@H]1[C@H](O)[C@@H](OC(C)=O)[C@H](C)O[C@@H]1CO. The standard InChI is InChI=1S/C10H18O6/c1-5-9(16-6(2)12)8(13)10(14-3)7(4-11)15-5/h5,7-11,13H,4H2,1-3H3/t5-,7+,8+,9-,10+/m0/s1. The van der Waals surface area contributed by atoms with Crippen molar-refractivity contribution in [1.29, 1.82) is 0 Å². The normalized spacial score (nSPS) is 39.4. The van der Waals surface area contributed by atoms with Crippen molar-refractivity contribution in [3.8, 4) is 0 Å². The summed E-state index contributed by atoms with van der Waals surface area (Å²) in [6.07, 6.45) is -3.57. The van der Waals surface area contributed by atoms with Crippen LogP contribution in [0.3, 0.4) is 0 Å². The number of esters is 1. The topological polar surface area (TPSA) is 85.2 Å². The number of aliphatic hydroxyl groups is 2. The summed E-state index contributed by atoms with van der Waals surface area (Å²) >= 11 is 0. The second kappa shape index (κ2) is 5.58. The molecular formula is C10H18O6. The Balaban J connectivity index is 2.76. The first-order valence-electron chi connectivity index (χ1n) is 5.15. The Bertz CT molecular complexity index is 243. The molecule has 0 unspecified atom stereocenters. The van der Waals surface area contributed by atoms with E-state index in [9.17, 15) is 9.90 Å². The molecule has 0 radical (unpaired) electrons. The largest absolute Gasteiger partial charge is 0.457 e. The molecule has 0 spiro atoms. The molecule has 1 aliphatic heterocycles. The molecule has 0 aromatic carbocycles. The Morgan fingerprint density at radius 1 is 1.44 bits per heavy atom. The van der Waals surface area contributed by atoms with E-state index in [0.29, 0.717) is 0 Å². The van der Waals surface area contributed by atoms with Gasteiger partial charge in [0.2, 0.25) is 0 Å². The summed E-state index contributed by atoms with van der Waals surface area (Å²) in [7, 11) is 1.40. The van der Waals surface area contributed by atoms with Crippen LogP contribution in [0.25, 0.3) is 0 Å². The number of carbonyl (C=O) groups is 1. The average molecular weight is 234 g/mol. The molecule has 1 rings (SSSR count). The van der Waals surface area contributed by atoms with Crippen LogP contribution in [0.2, 0.25) is 0 Å². The highest BCUT2D eigenvalue weighted by atomic mass is 16.6. The first-order valence-corrected chi connectivity index (χ1v) is 5.15. The van der Waals surface area contributed by atoms with Crippen LogP contribution in [-0.2, 0) is 19.0 Å². The van der Waals surface area contributed by atoms with E-state index in [4.69, 9.17) is 19.3 Å². The lowest BCUT2D eigenvalue weighted by molar-refractivity contribution is -0.239. The van der Waals surface area contributed by atoms with E-state index in [-0.39, 0.29) is 6.61 Å². The van der Waals surface area contributed by atoms with E-state index < -0.39 is 36.5 Å². The highest BCUT2D eigenvalue weighted by Gasteiger charge is 2.45. The summed E-state index contributed by atoms with van der Waals surface area (Å²) in [6, 6.07) is 0. The number of ether oxygens (including phenoxy) is 3. The van der Waals surface area contributed by atoms with Crippen molar-refractivity contribution in [2.24, 2.45) is 0 Å². The zero-order valence-electron chi connectivity index (χ0n) is 9.62. The van der Waals surface area contributed by atoms with Crippen LogP contribution in [0.4, 0.5) is 0 Å². The number of methoxy groups -OCH3 is 1. The lowest BCUT2D eigenvalue weighted by Gasteiger charge is -2.41. The number of aliphatic hydroxyl groups excluding tert-OH is 2. The van der Waals surface area contributed by atoms with Gasteiger partial charge in [-0.25, -0.2) is 0 Å². The first kappa shape index (κ1) is 13.4. The summed E-state index contributed by atoms with van der Waals surface area (Å²) in [4.78, 5) is 10.9. The number of hydrogen-bond donors (Lipinski definition) is 2. The number of carbonyl (C=O) groups excluding carboxylic acids is 1. The van der Waals surface area contributed by atoms with Gasteiger partial charge in [0.05, 0.1) is 12.7 Å². The molecule has 6 heteroatoms. The van der Waals surface area contributed by atoms with Gasteiger partial charge in [-0.3, -0.25) is 4.79 Å². The van der Waals surface area contributed by atoms with Crippen molar-refractivity contribution in [3.05, 3.63) is 0 Å². The molecule has 6 nitrogen and oxygen atoms in total. The summed E-state index contributed by atoms with van der Waals surface area (Å²) in [5.41, 5.74) is 0. The van der Waals surface area contributed by atoms with E-state index in [1.807, 2.05) is 0 Å². The summed E-state index contributed by atoms with van der Waals surface area (Å²) in [6.45, 7) is 2.68. The van der Waals surface area contributed by atoms with Gasteiger partial charge in [-0.2, -0.15) is 0 Å². The van der Waals surface area contributed by atoms with E-state index in [0.717, 1.165) is 0 Å². The molecule has 0 bridgehead atoms. The summed E-state index contributed by atoms with van der Waals surface area (Å²) in [5, 5.41) is 19.0. The van der Waals surface area contributed by atoms with Gasteiger partial charge in [0.15, 0.2) is 6.10 Å². The minimum absolute atomic E-state index is 0.257. The van der Waals surface area contributed by atoms with Gasteiger partial charge in [0.25, 0.3) is 0 Å². The molecule has 1 aliphatic rings. The average Bonchev–Trinajstić information content (AvgIpc) is 2.23. The Morgan fingerprint density at radius 3 is 2.50 bits per heavy atom. The fourth-order valence-electron chi connectivity index (χ4n) is 1.91. The van der Waals surface area contributed by atoms with E-state index in [1.165, 1.54) is 14.0 Å². The monoisotopic (exact) mass is 234 g/mol. The van der Waals surface area contributed by atoms with Gasteiger partial charge in [-0.05, 0) is 6.92 Å². The summed E-state index contributed by atoms with van der Waals surface area (Å²) < 4.78 is 15.4. The molecular weight excluding hydrogens is 216 g/mol. The van der Waals surface area contributed by atoms with Crippen LogP contribution < -0.4 is 0 Å². The number of rotatable bonds is 3.